The molecule has 2 aromatic carbocycles. The maximum absolute atomic E-state index is 13.0. The van der Waals surface area contributed by atoms with E-state index in [0.717, 1.165) is 29.5 Å². The van der Waals surface area contributed by atoms with E-state index in [2.05, 4.69) is 12.2 Å². The van der Waals surface area contributed by atoms with E-state index in [1.807, 2.05) is 62.4 Å². The van der Waals surface area contributed by atoms with E-state index in [1.54, 1.807) is 11.8 Å². The number of nitrogens with one attached hydrogen (secondary N) is 1. The van der Waals surface area contributed by atoms with Gasteiger partial charge in [-0.3, -0.25) is 9.59 Å². The minimum Gasteiger partial charge on any atom is -0.484 e. The minimum atomic E-state index is -0.581. The number of amides is 2. The van der Waals surface area contributed by atoms with Crippen molar-refractivity contribution in [2.45, 2.75) is 53.1 Å². The first-order valence-electron chi connectivity index (χ1n) is 10.2. The van der Waals surface area contributed by atoms with Gasteiger partial charge in [0.1, 0.15) is 11.8 Å². The summed E-state index contributed by atoms with van der Waals surface area (Å²) in [5.41, 5.74) is 3.26. The second-order valence-electron chi connectivity index (χ2n) is 7.43. The molecule has 0 bridgehead atoms. The molecule has 1 N–H and O–H groups in total. The van der Waals surface area contributed by atoms with Crippen LogP contribution in [0.4, 0.5) is 0 Å². The SMILES string of the molecule is CCCCNC(=O)C(C)N(Cc1ccc(C)cc1)C(=O)COc1ccc(C)cc1. The van der Waals surface area contributed by atoms with Crippen molar-refractivity contribution in [3.8, 4) is 5.75 Å². The Bertz CT molecular complexity index is 785. The molecule has 5 heteroatoms. The van der Waals surface area contributed by atoms with Crippen molar-refractivity contribution >= 4 is 11.8 Å². The molecule has 5 nitrogen and oxygen atoms in total. The third-order valence-corrected chi connectivity index (χ3v) is 4.85. The Morgan fingerprint density at radius 2 is 1.59 bits per heavy atom. The van der Waals surface area contributed by atoms with E-state index in [1.165, 1.54) is 0 Å². The van der Waals surface area contributed by atoms with Gasteiger partial charge in [0, 0.05) is 13.1 Å². The monoisotopic (exact) mass is 396 g/mol. The average Bonchev–Trinajstić information content (AvgIpc) is 2.72. The zero-order valence-corrected chi connectivity index (χ0v) is 17.9. The molecular formula is C24H32N2O3. The maximum atomic E-state index is 13.0. The van der Waals surface area contributed by atoms with Crippen LogP contribution in [-0.2, 0) is 16.1 Å². The number of rotatable bonds is 10. The number of hydrogen-bond acceptors (Lipinski definition) is 3. The molecule has 0 heterocycles. The van der Waals surface area contributed by atoms with Gasteiger partial charge in [-0.25, -0.2) is 0 Å². The molecule has 0 saturated heterocycles. The van der Waals surface area contributed by atoms with Gasteiger partial charge < -0.3 is 15.0 Å². The topological polar surface area (TPSA) is 58.6 Å². The maximum Gasteiger partial charge on any atom is 0.261 e. The summed E-state index contributed by atoms with van der Waals surface area (Å²) in [6.45, 7) is 8.72. The molecule has 0 aliphatic rings. The Morgan fingerprint density at radius 3 is 2.17 bits per heavy atom. The van der Waals surface area contributed by atoms with Crippen LogP contribution in [0.15, 0.2) is 48.5 Å². The molecule has 2 aromatic rings. The van der Waals surface area contributed by atoms with Gasteiger partial charge in [0.25, 0.3) is 5.91 Å². The molecule has 0 saturated carbocycles. The Hall–Kier alpha value is -2.82. The normalized spacial score (nSPS) is 11.6. The van der Waals surface area contributed by atoms with Crippen molar-refractivity contribution in [1.29, 1.82) is 0 Å². The smallest absolute Gasteiger partial charge is 0.261 e. The number of benzene rings is 2. The first kappa shape index (κ1) is 22.5. The van der Waals surface area contributed by atoms with Gasteiger partial charge >= 0.3 is 0 Å². The Morgan fingerprint density at radius 1 is 1.00 bits per heavy atom. The van der Waals surface area contributed by atoms with E-state index in [9.17, 15) is 9.59 Å². The van der Waals surface area contributed by atoms with Crippen molar-refractivity contribution in [2.75, 3.05) is 13.2 Å². The van der Waals surface area contributed by atoms with Crippen LogP contribution in [0, 0.1) is 13.8 Å². The summed E-state index contributed by atoms with van der Waals surface area (Å²) in [4.78, 5) is 27.1. The van der Waals surface area contributed by atoms with E-state index in [4.69, 9.17) is 4.74 Å². The molecule has 156 valence electrons. The lowest BCUT2D eigenvalue weighted by atomic mass is 10.1. The summed E-state index contributed by atoms with van der Waals surface area (Å²) >= 11 is 0. The van der Waals surface area contributed by atoms with Crippen LogP contribution in [-0.4, -0.2) is 35.9 Å². The highest BCUT2D eigenvalue weighted by atomic mass is 16.5. The Labute approximate surface area is 174 Å². The molecular weight excluding hydrogens is 364 g/mol. The van der Waals surface area contributed by atoms with Crippen LogP contribution < -0.4 is 10.1 Å². The van der Waals surface area contributed by atoms with E-state index < -0.39 is 6.04 Å². The third kappa shape index (κ3) is 7.26. The predicted octanol–water partition coefficient (Wildman–Crippen LogP) is 4.02. The van der Waals surface area contributed by atoms with Gasteiger partial charge in [0.05, 0.1) is 0 Å². The molecule has 0 radical (unpaired) electrons. The van der Waals surface area contributed by atoms with Gasteiger partial charge in [0.15, 0.2) is 6.61 Å². The molecule has 0 aromatic heterocycles. The van der Waals surface area contributed by atoms with Crippen LogP contribution in [0.25, 0.3) is 0 Å². The van der Waals surface area contributed by atoms with Crippen molar-refractivity contribution in [1.82, 2.24) is 10.2 Å². The number of carbonyl (C=O) groups excluding carboxylic acids is 2. The second-order valence-corrected chi connectivity index (χ2v) is 7.43. The number of unbranched alkanes of at least 4 members (excludes halogenated alkanes) is 1. The highest BCUT2D eigenvalue weighted by Gasteiger charge is 2.26. The predicted molar refractivity (Wildman–Crippen MR) is 116 cm³/mol. The highest BCUT2D eigenvalue weighted by molar-refractivity contribution is 5.87. The lowest BCUT2D eigenvalue weighted by molar-refractivity contribution is -0.142. The molecule has 2 rings (SSSR count). The lowest BCUT2D eigenvalue weighted by Crippen LogP contribution is -2.49. The van der Waals surface area contributed by atoms with Crippen LogP contribution in [0.5, 0.6) is 5.75 Å². The zero-order chi connectivity index (χ0) is 21.2. The Balaban J connectivity index is 2.08. The summed E-state index contributed by atoms with van der Waals surface area (Å²) in [6, 6.07) is 15.0. The molecule has 1 unspecified atom stereocenters. The number of hydrogen-bond donors (Lipinski definition) is 1. The second kappa shape index (κ2) is 11.2. The van der Waals surface area contributed by atoms with Crippen LogP contribution in [0.3, 0.4) is 0 Å². The van der Waals surface area contributed by atoms with Gasteiger partial charge in [-0.1, -0.05) is 60.9 Å². The third-order valence-electron chi connectivity index (χ3n) is 4.85. The van der Waals surface area contributed by atoms with Crippen molar-refractivity contribution in [3.05, 3.63) is 65.2 Å². The van der Waals surface area contributed by atoms with Gasteiger partial charge in [-0.05, 0) is 44.9 Å². The van der Waals surface area contributed by atoms with E-state index in [0.29, 0.717) is 18.8 Å². The van der Waals surface area contributed by atoms with E-state index in [-0.39, 0.29) is 18.4 Å². The number of ether oxygens (including phenoxy) is 1. The largest absolute Gasteiger partial charge is 0.484 e. The van der Waals surface area contributed by atoms with Crippen molar-refractivity contribution < 1.29 is 14.3 Å². The summed E-state index contributed by atoms with van der Waals surface area (Å²) in [7, 11) is 0. The first-order chi connectivity index (χ1) is 13.9. The fourth-order valence-electron chi connectivity index (χ4n) is 2.87. The van der Waals surface area contributed by atoms with Crippen LogP contribution in [0.1, 0.15) is 43.4 Å². The minimum absolute atomic E-state index is 0.110. The summed E-state index contributed by atoms with van der Waals surface area (Å²) in [5, 5.41) is 2.92. The molecule has 0 spiro atoms. The van der Waals surface area contributed by atoms with Crippen LogP contribution >= 0.6 is 0 Å². The summed E-state index contributed by atoms with van der Waals surface area (Å²) in [5.74, 6) is 0.276. The fourth-order valence-corrected chi connectivity index (χ4v) is 2.87. The van der Waals surface area contributed by atoms with E-state index >= 15 is 0 Å². The number of aryl methyl sites for hydroxylation is 2. The van der Waals surface area contributed by atoms with Gasteiger partial charge in [-0.15, -0.1) is 0 Å². The molecule has 0 aliphatic carbocycles. The fraction of sp³-hybridized carbons (Fsp3) is 0.417. The van der Waals surface area contributed by atoms with Gasteiger partial charge in [0.2, 0.25) is 5.91 Å². The molecule has 1 atom stereocenters. The van der Waals surface area contributed by atoms with Crippen molar-refractivity contribution in [3.63, 3.8) is 0 Å². The van der Waals surface area contributed by atoms with Crippen molar-refractivity contribution in [2.24, 2.45) is 0 Å². The highest BCUT2D eigenvalue weighted by Crippen LogP contribution is 2.14. The zero-order valence-electron chi connectivity index (χ0n) is 17.9. The quantitative estimate of drug-likeness (QED) is 0.617. The molecule has 0 aliphatic heterocycles. The van der Waals surface area contributed by atoms with Gasteiger partial charge in [-0.2, -0.15) is 0 Å². The first-order valence-corrected chi connectivity index (χ1v) is 10.2. The summed E-state index contributed by atoms with van der Waals surface area (Å²) in [6.07, 6.45) is 1.92. The Kier molecular flexibility index (Phi) is 8.71. The molecule has 29 heavy (non-hydrogen) atoms. The molecule has 0 fully saturated rings. The molecule has 2 amide bonds. The number of carbonyl (C=O) groups is 2. The summed E-state index contributed by atoms with van der Waals surface area (Å²) < 4.78 is 5.67. The standard InChI is InChI=1S/C24H32N2O3/c1-5-6-15-25-24(28)20(4)26(16-21-11-7-18(2)8-12-21)23(27)17-29-22-13-9-19(3)10-14-22/h7-14,20H,5-6,15-17H2,1-4H3,(H,25,28). The number of nitrogens with zero attached hydrogens (tertiary/aromatic N) is 1. The van der Waals surface area contributed by atoms with Crippen LogP contribution in [0.2, 0.25) is 0 Å². The average molecular weight is 397 g/mol. The lowest BCUT2D eigenvalue weighted by Gasteiger charge is -2.28.